The van der Waals surface area contributed by atoms with E-state index in [2.05, 4.69) is 0 Å². The van der Waals surface area contributed by atoms with E-state index in [1.54, 1.807) is 12.1 Å². The number of amides is 1. The van der Waals surface area contributed by atoms with Crippen molar-refractivity contribution >= 4 is 5.91 Å². The summed E-state index contributed by atoms with van der Waals surface area (Å²) in [4.78, 5) is 23.3. The molecule has 0 fully saturated rings. The van der Waals surface area contributed by atoms with Gasteiger partial charge in [0.05, 0.1) is 10.5 Å². The molecule has 5 nitrogen and oxygen atoms in total. The molecule has 2 rings (SSSR count). The molecule has 1 aromatic rings. The smallest absolute Gasteiger partial charge is 0.276 e. The van der Waals surface area contributed by atoms with E-state index < -0.39 is 11.1 Å². The molecule has 1 atom stereocenters. The van der Waals surface area contributed by atoms with Crippen LogP contribution in [0.5, 0.6) is 0 Å². The molecule has 0 N–H and O–H groups in total. The minimum atomic E-state index is -1.03. The third kappa shape index (κ3) is 1.64. The van der Waals surface area contributed by atoms with E-state index in [1.165, 1.54) is 11.8 Å². The summed E-state index contributed by atoms with van der Waals surface area (Å²) < 4.78 is 0. The van der Waals surface area contributed by atoms with E-state index in [0.717, 1.165) is 5.56 Å². The van der Waals surface area contributed by atoms with Crippen LogP contribution in [0.15, 0.2) is 24.3 Å². The fourth-order valence-corrected chi connectivity index (χ4v) is 2.10. The van der Waals surface area contributed by atoms with Gasteiger partial charge in [0.1, 0.15) is 0 Å². The van der Waals surface area contributed by atoms with Gasteiger partial charge in [0.2, 0.25) is 5.91 Å². The maximum atomic E-state index is 11.3. The van der Waals surface area contributed by atoms with E-state index in [1.807, 2.05) is 12.1 Å². The number of nitrogens with zero attached hydrogens (tertiary/aromatic N) is 2. The maximum absolute atomic E-state index is 11.3. The van der Waals surface area contributed by atoms with Crippen LogP contribution >= 0.6 is 0 Å². The van der Waals surface area contributed by atoms with E-state index in [0.29, 0.717) is 18.5 Å². The van der Waals surface area contributed by atoms with Crippen LogP contribution in [-0.2, 0) is 11.2 Å². The minimum absolute atomic E-state index is 0.254. The van der Waals surface area contributed by atoms with Gasteiger partial charge in [-0.3, -0.25) is 19.8 Å². The van der Waals surface area contributed by atoms with Gasteiger partial charge < -0.3 is 0 Å². The SMILES string of the molecule is CC(=O)N1CCc2ccccc2C1[N+](=O)[O-]. The van der Waals surface area contributed by atoms with Gasteiger partial charge in [-0.25, -0.2) is 0 Å². The predicted octanol–water partition coefficient (Wildman–Crippen LogP) is 1.37. The van der Waals surface area contributed by atoms with Crippen LogP contribution in [0.25, 0.3) is 0 Å². The summed E-state index contributed by atoms with van der Waals surface area (Å²) in [5.74, 6) is -0.254. The molecule has 1 amide bonds. The van der Waals surface area contributed by atoms with Gasteiger partial charge in [0.25, 0.3) is 0 Å². The zero-order valence-electron chi connectivity index (χ0n) is 8.92. The summed E-state index contributed by atoms with van der Waals surface area (Å²) in [6.45, 7) is 1.78. The molecule has 0 saturated heterocycles. The first-order chi connectivity index (χ1) is 7.61. The first-order valence-corrected chi connectivity index (χ1v) is 5.10. The van der Waals surface area contributed by atoms with Gasteiger partial charge in [-0.15, -0.1) is 0 Å². The fourth-order valence-electron chi connectivity index (χ4n) is 2.10. The highest BCUT2D eigenvalue weighted by Crippen LogP contribution is 2.29. The number of carbonyl (C=O) groups excluding carboxylic acids is 1. The molecule has 0 spiro atoms. The average molecular weight is 220 g/mol. The predicted molar refractivity (Wildman–Crippen MR) is 57.3 cm³/mol. The summed E-state index contributed by atoms with van der Waals surface area (Å²) in [6.07, 6.45) is -0.345. The average Bonchev–Trinajstić information content (AvgIpc) is 2.27. The zero-order chi connectivity index (χ0) is 11.7. The van der Waals surface area contributed by atoms with Gasteiger partial charge in [-0.1, -0.05) is 18.2 Å². The van der Waals surface area contributed by atoms with Crippen molar-refractivity contribution in [1.29, 1.82) is 0 Å². The highest BCUT2D eigenvalue weighted by atomic mass is 16.6. The Bertz CT molecular complexity index is 445. The normalized spacial score (nSPS) is 19.1. The van der Waals surface area contributed by atoms with Gasteiger partial charge in [-0.2, -0.15) is 0 Å². The van der Waals surface area contributed by atoms with Crippen molar-refractivity contribution in [2.75, 3.05) is 6.54 Å². The molecule has 1 unspecified atom stereocenters. The molecule has 0 aromatic heterocycles. The number of benzene rings is 1. The largest absolute Gasteiger partial charge is 0.315 e. The molecule has 0 radical (unpaired) electrons. The first-order valence-electron chi connectivity index (χ1n) is 5.10. The molecule has 0 saturated carbocycles. The summed E-state index contributed by atoms with van der Waals surface area (Å²) in [7, 11) is 0. The molecular formula is C11H12N2O3. The van der Waals surface area contributed by atoms with Crippen LogP contribution in [0.1, 0.15) is 24.2 Å². The number of carbonyl (C=O) groups is 1. The lowest BCUT2D eigenvalue weighted by Gasteiger charge is -2.30. The molecule has 1 aliphatic heterocycles. The third-order valence-electron chi connectivity index (χ3n) is 2.85. The number of rotatable bonds is 1. The highest BCUT2D eigenvalue weighted by molar-refractivity contribution is 5.74. The number of hydrogen-bond acceptors (Lipinski definition) is 3. The van der Waals surface area contributed by atoms with Gasteiger partial charge >= 0.3 is 6.17 Å². The quantitative estimate of drug-likeness (QED) is 0.530. The Morgan fingerprint density at radius 3 is 2.81 bits per heavy atom. The number of hydrogen-bond donors (Lipinski definition) is 0. The van der Waals surface area contributed by atoms with Crippen molar-refractivity contribution in [2.24, 2.45) is 0 Å². The van der Waals surface area contributed by atoms with Crippen LogP contribution < -0.4 is 0 Å². The Morgan fingerprint density at radius 2 is 2.19 bits per heavy atom. The van der Waals surface area contributed by atoms with Crippen LogP contribution in [0.2, 0.25) is 0 Å². The van der Waals surface area contributed by atoms with Gasteiger partial charge in [0.15, 0.2) is 0 Å². The Kier molecular flexibility index (Phi) is 2.60. The lowest BCUT2D eigenvalue weighted by Crippen LogP contribution is -2.42. The summed E-state index contributed by atoms with van der Waals surface area (Å²) in [5.41, 5.74) is 1.59. The standard InChI is InChI=1S/C11H12N2O3/c1-8(14)12-7-6-9-4-2-3-5-10(9)11(12)13(15)16/h2-5,11H,6-7H2,1H3. The van der Waals surface area contributed by atoms with Crippen LogP contribution in [0, 0.1) is 10.1 Å². The van der Waals surface area contributed by atoms with Crippen LogP contribution in [-0.4, -0.2) is 22.3 Å². The summed E-state index contributed by atoms with van der Waals surface area (Å²) in [5, 5.41) is 11.0. The lowest BCUT2D eigenvalue weighted by molar-refractivity contribution is -0.554. The number of fused-ring (bicyclic) bond motifs is 1. The molecular weight excluding hydrogens is 208 g/mol. The summed E-state index contributed by atoms with van der Waals surface area (Å²) >= 11 is 0. The van der Waals surface area contributed by atoms with Crippen LogP contribution in [0.3, 0.4) is 0 Å². The van der Waals surface area contributed by atoms with E-state index in [-0.39, 0.29) is 5.91 Å². The van der Waals surface area contributed by atoms with Crippen molar-refractivity contribution < 1.29 is 9.72 Å². The van der Waals surface area contributed by atoms with Crippen LogP contribution in [0.4, 0.5) is 0 Å². The second-order valence-electron chi connectivity index (χ2n) is 3.82. The van der Waals surface area contributed by atoms with E-state index in [9.17, 15) is 14.9 Å². The van der Waals surface area contributed by atoms with Crippen molar-refractivity contribution in [3.8, 4) is 0 Å². The Labute approximate surface area is 92.8 Å². The van der Waals surface area contributed by atoms with E-state index in [4.69, 9.17) is 0 Å². The van der Waals surface area contributed by atoms with Crippen molar-refractivity contribution in [1.82, 2.24) is 4.90 Å². The van der Waals surface area contributed by atoms with Crippen molar-refractivity contribution in [3.63, 3.8) is 0 Å². The monoisotopic (exact) mass is 220 g/mol. The summed E-state index contributed by atoms with van der Waals surface area (Å²) in [6, 6.07) is 7.22. The zero-order valence-corrected chi connectivity index (χ0v) is 8.92. The molecule has 16 heavy (non-hydrogen) atoms. The van der Waals surface area contributed by atoms with Crippen molar-refractivity contribution in [2.45, 2.75) is 19.5 Å². The van der Waals surface area contributed by atoms with Crippen molar-refractivity contribution in [3.05, 3.63) is 45.5 Å². The molecule has 0 bridgehead atoms. The maximum Gasteiger partial charge on any atom is 0.315 e. The molecule has 1 aliphatic rings. The van der Waals surface area contributed by atoms with E-state index >= 15 is 0 Å². The second-order valence-corrected chi connectivity index (χ2v) is 3.82. The minimum Gasteiger partial charge on any atom is -0.276 e. The molecule has 5 heteroatoms. The Hall–Kier alpha value is -1.91. The highest BCUT2D eigenvalue weighted by Gasteiger charge is 2.37. The topological polar surface area (TPSA) is 63.5 Å². The third-order valence-corrected chi connectivity index (χ3v) is 2.85. The second kappa shape index (κ2) is 3.92. The fraction of sp³-hybridized carbons (Fsp3) is 0.364. The Balaban J connectivity index is 2.47. The molecule has 84 valence electrons. The molecule has 1 aromatic carbocycles. The van der Waals surface area contributed by atoms with Gasteiger partial charge in [0, 0.05) is 13.5 Å². The Morgan fingerprint density at radius 1 is 1.50 bits per heavy atom. The number of nitro groups is 1. The molecule has 0 aliphatic carbocycles. The van der Waals surface area contributed by atoms with Gasteiger partial charge in [-0.05, 0) is 18.1 Å². The first kappa shape index (κ1) is 10.6. The lowest BCUT2D eigenvalue weighted by atomic mass is 9.97. The molecule has 1 heterocycles.